The van der Waals surface area contributed by atoms with Crippen LogP contribution in [0, 0.1) is 11.3 Å². The van der Waals surface area contributed by atoms with Crippen LogP contribution in [0.2, 0.25) is 0 Å². The van der Waals surface area contributed by atoms with Crippen LogP contribution in [0.25, 0.3) is 0 Å². The zero-order valence-corrected chi connectivity index (χ0v) is 16.7. The van der Waals surface area contributed by atoms with Crippen LogP contribution in [0.1, 0.15) is 55.5 Å². The first-order chi connectivity index (χ1) is 13.8. The highest BCUT2D eigenvalue weighted by molar-refractivity contribution is 6.05. The monoisotopic (exact) mass is 398 g/mol. The molecule has 2 aliphatic heterocycles. The maximum absolute atomic E-state index is 12.7. The fourth-order valence-corrected chi connectivity index (χ4v) is 4.20. The molecule has 1 atom stereocenters. The first kappa shape index (κ1) is 19.4. The fraction of sp³-hybridized carbons (Fsp3) is 0.524. The van der Waals surface area contributed by atoms with Crippen LogP contribution >= 0.6 is 0 Å². The molecule has 1 saturated heterocycles. The van der Waals surface area contributed by atoms with E-state index >= 15 is 0 Å². The number of fused-ring (bicyclic) bond motifs is 1. The third-order valence-corrected chi connectivity index (χ3v) is 6.50. The summed E-state index contributed by atoms with van der Waals surface area (Å²) in [7, 11) is 0. The molecule has 1 saturated carbocycles. The Morgan fingerprint density at radius 1 is 1.28 bits per heavy atom. The van der Waals surface area contributed by atoms with Crippen LogP contribution < -0.4 is 16.0 Å². The number of hydrogen-bond acceptors (Lipinski definition) is 4. The van der Waals surface area contributed by atoms with E-state index in [1.165, 1.54) is 4.90 Å². The number of nitrogens with one attached hydrogen (secondary N) is 3. The van der Waals surface area contributed by atoms with E-state index < -0.39 is 11.9 Å². The summed E-state index contributed by atoms with van der Waals surface area (Å²) in [6, 6.07) is 4.24. The molecule has 3 aliphatic rings. The first-order valence-electron chi connectivity index (χ1n) is 10.1. The number of piperidine rings is 1. The summed E-state index contributed by atoms with van der Waals surface area (Å²) in [6.45, 7) is 5.30. The van der Waals surface area contributed by atoms with E-state index in [0.29, 0.717) is 30.1 Å². The maximum atomic E-state index is 12.7. The molecule has 1 aromatic rings. The van der Waals surface area contributed by atoms with E-state index in [9.17, 15) is 19.2 Å². The minimum Gasteiger partial charge on any atom is -0.337 e. The maximum Gasteiger partial charge on any atom is 0.319 e. The molecule has 1 aliphatic carbocycles. The van der Waals surface area contributed by atoms with Gasteiger partial charge in [-0.15, -0.1) is 0 Å². The minimum absolute atomic E-state index is 0.224. The van der Waals surface area contributed by atoms with E-state index in [1.807, 2.05) is 0 Å². The summed E-state index contributed by atoms with van der Waals surface area (Å²) in [5.41, 5.74) is 2.12. The lowest BCUT2D eigenvalue weighted by Gasteiger charge is -2.29. The van der Waals surface area contributed by atoms with Crippen LogP contribution in [0.5, 0.6) is 0 Å². The summed E-state index contributed by atoms with van der Waals surface area (Å²) >= 11 is 0. The van der Waals surface area contributed by atoms with Gasteiger partial charge >= 0.3 is 6.03 Å². The van der Waals surface area contributed by atoms with Crippen molar-refractivity contribution in [1.82, 2.24) is 15.5 Å². The van der Waals surface area contributed by atoms with Gasteiger partial charge in [0.25, 0.3) is 5.91 Å². The minimum atomic E-state index is -0.641. The quantitative estimate of drug-likeness (QED) is 0.660. The number of urea groups is 1. The zero-order chi connectivity index (χ0) is 20.8. The first-order valence-corrected chi connectivity index (χ1v) is 10.1. The summed E-state index contributed by atoms with van der Waals surface area (Å²) in [4.78, 5) is 49.9. The summed E-state index contributed by atoms with van der Waals surface area (Å²) < 4.78 is 0. The van der Waals surface area contributed by atoms with Gasteiger partial charge in [-0.25, -0.2) is 4.79 Å². The van der Waals surface area contributed by atoms with Crippen LogP contribution in [0.4, 0.5) is 10.5 Å². The summed E-state index contributed by atoms with van der Waals surface area (Å²) in [6.07, 6.45) is 2.83. The highest BCUT2D eigenvalue weighted by Crippen LogP contribution is 2.51. The molecule has 8 nitrogen and oxygen atoms in total. The van der Waals surface area contributed by atoms with Crippen molar-refractivity contribution < 1.29 is 19.2 Å². The second-order valence-electron chi connectivity index (χ2n) is 8.60. The molecule has 0 radical (unpaired) electrons. The SMILES string of the molecule is CC(C)C1(CNC(=O)Nc2ccc3c(c2)CN(C2CCC(=O)NC2=O)C3=O)CC1. The van der Waals surface area contributed by atoms with Gasteiger partial charge in [0.2, 0.25) is 11.8 Å². The number of carbonyl (C=O) groups is 4. The van der Waals surface area contributed by atoms with E-state index in [1.54, 1.807) is 18.2 Å². The Balaban J connectivity index is 1.39. The fourth-order valence-electron chi connectivity index (χ4n) is 4.20. The molecule has 154 valence electrons. The van der Waals surface area contributed by atoms with E-state index in [-0.39, 0.29) is 36.2 Å². The van der Waals surface area contributed by atoms with Crippen molar-refractivity contribution in [2.75, 3.05) is 11.9 Å². The van der Waals surface area contributed by atoms with Crippen molar-refractivity contribution in [2.45, 2.75) is 52.1 Å². The highest BCUT2D eigenvalue weighted by atomic mass is 16.2. The number of imide groups is 1. The number of carbonyl (C=O) groups excluding carboxylic acids is 4. The second kappa shape index (κ2) is 7.17. The molecule has 0 bridgehead atoms. The van der Waals surface area contributed by atoms with E-state index in [0.717, 1.165) is 18.4 Å². The van der Waals surface area contributed by atoms with E-state index in [4.69, 9.17) is 0 Å². The molecule has 4 rings (SSSR count). The van der Waals surface area contributed by atoms with Crippen LogP contribution in [-0.2, 0) is 16.1 Å². The number of nitrogens with zero attached hydrogens (tertiary/aromatic N) is 1. The van der Waals surface area contributed by atoms with Crippen molar-refractivity contribution in [3.63, 3.8) is 0 Å². The number of hydrogen-bond donors (Lipinski definition) is 3. The smallest absolute Gasteiger partial charge is 0.319 e. The second-order valence-corrected chi connectivity index (χ2v) is 8.60. The molecule has 29 heavy (non-hydrogen) atoms. The lowest BCUT2D eigenvalue weighted by Crippen LogP contribution is -2.52. The molecule has 0 aromatic heterocycles. The zero-order valence-electron chi connectivity index (χ0n) is 16.7. The average Bonchev–Trinajstić information content (AvgIpc) is 3.40. The largest absolute Gasteiger partial charge is 0.337 e. The lowest BCUT2D eigenvalue weighted by atomic mass is 9.92. The van der Waals surface area contributed by atoms with Crippen molar-refractivity contribution in [2.24, 2.45) is 11.3 Å². The molecule has 5 amide bonds. The predicted octanol–water partition coefficient (Wildman–Crippen LogP) is 2.01. The van der Waals surface area contributed by atoms with Gasteiger partial charge in [0.05, 0.1) is 0 Å². The topological polar surface area (TPSA) is 108 Å². The van der Waals surface area contributed by atoms with Gasteiger partial charge in [-0.05, 0) is 54.4 Å². The van der Waals surface area contributed by atoms with Crippen molar-refractivity contribution in [1.29, 1.82) is 0 Å². The number of rotatable bonds is 5. The van der Waals surface area contributed by atoms with Gasteiger partial charge in [-0.2, -0.15) is 0 Å². The third-order valence-electron chi connectivity index (χ3n) is 6.50. The van der Waals surface area contributed by atoms with Gasteiger partial charge in [0.15, 0.2) is 0 Å². The summed E-state index contributed by atoms with van der Waals surface area (Å²) in [5, 5.41) is 8.07. The third kappa shape index (κ3) is 3.71. The molecule has 1 unspecified atom stereocenters. The van der Waals surface area contributed by atoms with Gasteiger partial charge in [0, 0.05) is 30.8 Å². The van der Waals surface area contributed by atoms with Crippen LogP contribution in [0.15, 0.2) is 18.2 Å². The van der Waals surface area contributed by atoms with Crippen molar-refractivity contribution >= 4 is 29.4 Å². The van der Waals surface area contributed by atoms with Gasteiger partial charge in [-0.3, -0.25) is 19.7 Å². The van der Waals surface area contributed by atoms with Crippen molar-refractivity contribution in [3.8, 4) is 0 Å². The lowest BCUT2D eigenvalue weighted by molar-refractivity contribution is -0.136. The number of anilines is 1. The Morgan fingerprint density at radius 2 is 2.03 bits per heavy atom. The van der Waals surface area contributed by atoms with Gasteiger partial charge < -0.3 is 15.5 Å². The number of benzene rings is 1. The molecular formula is C21H26N4O4. The molecule has 1 aromatic carbocycles. The molecular weight excluding hydrogens is 372 g/mol. The number of amides is 5. The molecule has 2 heterocycles. The predicted molar refractivity (Wildman–Crippen MR) is 106 cm³/mol. The highest BCUT2D eigenvalue weighted by Gasteiger charge is 2.45. The van der Waals surface area contributed by atoms with E-state index in [2.05, 4.69) is 29.8 Å². The Morgan fingerprint density at radius 3 is 2.69 bits per heavy atom. The van der Waals surface area contributed by atoms with Gasteiger partial charge in [0.1, 0.15) is 6.04 Å². The molecule has 0 spiro atoms. The molecule has 8 heteroatoms. The van der Waals surface area contributed by atoms with Crippen molar-refractivity contribution in [3.05, 3.63) is 29.3 Å². The Hall–Kier alpha value is -2.90. The Kier molecular flexibility index (Phi) is 4.80. The standard InChI is InChI=1S/C21H26N4O4/c1-12(2)21(7-8-21)11-22-20(29)23-14-3-4-15-13(9-14)10-25(19(15)28)16-5-6-17(26)24-18(16)27/h3-4,9,12,16H,5-8,10-11H2,1-2H3,(H2,22,23,29)(H,24,26,27). The molecule has 3 N–H and O–H groups in total. The van der Waals surface area contributed by atoms with Crippen LogP contribution in [-0.4, -0.2) is 41.2 Å². The Bertz CT molecular complexity index is 891. The van der Waals surface area contributed by atoms with Crippen LogP contribution in [0.3, 0.4) is 0 Å². The van der Waals surface area contributed by atoms with Gasteiger partial charge in [-0.1, -0.05) is 13.8 Å². The summed E-state index contributed by atoms with van der Waals surface area (Å²) in [5.74, 6) is -0.428. The molecule has 2 fully saturated rings. The normalized spacial score (nSPS) is 22.4. The average molecular weight is 398 g/mol. The Labute approximate surface area is 169 Å².